The fourth-order valence-corrected chi connectivity index (χ4v) is 1.62. The van der Waals surface area contributed by atoms with Crippen LogP contribution >= 0.6 is 0 Å². The number of nitrogens with two attached hydrogens (primary N) is 1. The normalized spacial score (nSPS) is 18.7. The van der Waals surface area contributed by atoms with Crippen LogP contribution in [0, 0.1) is 0 Å². The molecule has 2 nitrogen and oxygen atoms in total. The SMILES string of the molecule is COc1ccccc1C(F)(F)C1(N)CC1. The van der Waals surface area contributed by atoms with Gasteiger partial charge in [-0.1, -0.05) is 12.1 Å². The number of benzene rings is 1. The lowest BCUT2D eigenvalue weighted by molar-refractivity contribution is -0.0439. The van der Waals surface area contributed by atoms with Crippen molar-refractivity contribution in [2.75, 3.05) is 7.11 Å². The van der Waals surface area contributed by atoms with Crippen LogP contribution in [0.15, 0.2) is 24.3 Å². The molecule has 0 bridgehead atoms. The van der Waals surface area contributed by atoms with Crippen LogP contribution in [-0.2, 0) is 5.92 Å². The molecule has 0 aliphatic heterocycles. The van der Waals surface area contributed by atoms with E-state index in [0.717, 1.165) is 0 Å². The van der Waals surface area contributed by atoms with Crippen LogP contribution < -0.4 is 10.5 Å². The maximum atomic E-state index is 14.0. The Hall–Kier alpha value is -1.16. The monoisotopic (exact) mass is 213 g/mol. The number of halogens is 2. The van der Waals surface area contributed by atoms with Crippen molar-refractivity contribution in [2.24, 2.45) is 5.73 Å². The van der Waals surface area contributed by atoms with E-state index in [1.54, 1.807) is 12.1 Å². The molecule has 0 heterocycles. The highest BCUT2D eigenvalue weighted by molar-refractivity contribution is 5.40. The first kappa shape index (κ1) is 10.4. The van der Waals surface area contributed by atoms with Crippen molar-refractivity contribution < 1.29 is 13.5 Å². The molecule has 0 aromatic heterocycles. The lowest BCUT2D eigenvalue weighted by Gasteiger charge is -2.24. The maximum Gasteiger partial charge on any atom is 0.294 e. The van der Waals surface area contributed by atoms with Gasteiger partial charge in [-0.25, -0.2) is 0 Å². The Balaban J connectivity index is 2.44. The Kier molecular flexibility index (Phi) is 2.19. The minimum absolute atomic E-state index is 0.118. The highest BCUT2D eigenvalue weighted by Crippen LogP contribution is 2.53. The first-order valence-corrected chi connectivity index (χ1v) is 4.81. The van der Waals surface area contributed by atoms with Crippen LogP contribution in [0.4, 0.5) is 8.78 Å². The number of para-hydroxylation sites is 1. The summed E-state index contributed by atoms with van der Waals surface area (Å²) in [6.07, 6.45) is 0.718. The Morgan fingerprint density at radius 3 is 2.47 bits per heavy atom. The van der Waals surface area contributed by atoms with Crippen LogP contribution in [0.1, 0.15) is 18.4 Å². The summed E-state index contributed by atoms with van der Waals surface area (Å²) in [4.78, 5) is 0. The van der Waals surface area contributed by atoms with E-state index < -0.39 is 11.5 Å². The van der Waals surface area contributed by atoms with Crippen LogP contribution in [-0.4, -0.2) is 12.6 Å². The van der Waals surface area contributed by atoms with E-state index in [9.17, 15) is 8.78 Å². The third kappa shape index (κ3) is 1.49. The van der Waals surface area contributed by atoms with E-state index in [2.05, 4.69) is 0 Å². The summed E-state index contributed by atoms with van der Waals surface area (Å²) in [7, 11) is 1.38. The summed E-state index contributed by atoms with van der Waals surface area (Å²) in [5.74, 6) is -2.82. The van der Waals surface area contributed by atoms with Crippen molar-refractivity contribution in [1.82, 2.24) is 0 Å². The zero-order chi connectivity index (χ0) is 11.1. The van der Waals surface area contributed by atoms with Gasteiger partial charge in [0, 0.05) is 0 Å². The van der Waals surface area contributed by atoms with Crippen molar-refractivity contribution >= 4 is 0 Å². The minimum atomic E-state index is -3.01. The van der Waals surface area contributed by atoms with Crippen LogP contribution in [0.2, 0.25) is 0 Å². The highest BCUT2D eigenvalue weighted by Gasteiger charge is 2.61. The molecule has 1 aromatic carbocycles. The average Bonchev–Trinajstić information content (AvgIpc) is 2.98. The van der Waals surface area contributed by atoms with Crippen molar-refractivity contribution in [1.29, 1.82) is 0 Å². The zero-order valence-electron chi connectivity index (χ0n) is 8.47. The first-order chi connectivity index (χ1) is 7.01. The lowest BCUT2D eigenvalue weighted by Crippen LogP contribution is -2.41. The third-order valence-electron chi connectivity index (χ3n) is 2.86. The number of rotatable bonds is 3. The van der Waals surface area contributed by atoms with E-state index in [4.69, 9.17) is 10.5 Å². The highest BCUT2D eigenvalue weighted by atomic mass is 19.3. The number of hydrogen-bond donors (Lipinski definition) is 1. The molecule has 0 atom stereocenters. The molecule has 4 heteroatoms. The molecule has 0 spiro atoms. The van der Waals surface area contributed by atoms with Gasteiger partial charge in [-0.2, -0.15) is 8.78 Å². The first-order valence-electron chi connectivity index (χ1n) is 4.81. The number of methoxy groups -OCH3 is 1. The summed E-state index contributed by atoms with van der Waals surface area (Å²) in [5.41, 5.74) is 4.08. The second kappa shape index (κ2) is 3.17. The predicted molar refractivity (Wildman–Crippen MR) is 53.0 cm³/mol. The van der Waals surface area contributed by atoms with Gasteiger partial charge in [-0.05, 0) is 25.0 Å². The summed E-state index contributed by atoms with van der Waals surface area (Å²) in [6, 6.07) is 6.12. The van der Waals surface area contributed by atoms with Gasteiger partial charge >= 0.3 is 0 Å². The second-order valence-electron chi connectivity index (χ2n) is 3.93. The van der Waals surface area contributed by atoms with Gasteiger partial charge < -0.3 is 10.5 Å². The molecular weight excluding hydrogens is 200 g/mol. The fourth-order valence-electron chi connectivity index (χ4n) is 1.62. The lowest BCUT2D eigenvalue weighted by atomic mass is 9.99. The van der Waals surface area contributed by atoms with E-state index in [1.165, 1.54) is 19.2 Å². The van der Waals surface area contributed by atoms with Crippen molar-refractivity contribution in [2.45, 2.75) is 24.3 Å². The van der Waals surface area contributed by atoms with Crippen LogP contribution in [0.25, 0.3) is 0 Å². The van der Waals surface area contributed by atoms with E-state index in [-0.39, 0.29) is 11.3 Å². The standard InChI is InChI=1S/C11H13F2NO/c1-15-9-5-3-2-4-8(9)11(12,13)10(14)6-7-10/h2-5H,6-7,14H2,1H3. The molecule has 1 fully saturated rings. The summed E-state index contributed by atoms with van der Waals surface area (Å²) in [6.45, 7) is 0. The van der Waals surface area contributed by atoms with E-state index >= 15 is 0 Å². The minimum Gasteiger partial charge on any atom is -0.496 e. The average molecular weight is 213 g/mol. The fraction of sp³-hybridized carbons (Fsp3) is 0.455. The smallest absolute Gasteiger partial charge is 0.294 e. The van der Waals surface area contributed by atoms with Crippen molar-refractivity contribution in [3.63, 3.8) is 0 Å². The topological polar surface area (TPSA) is 35.2 Å². The maximum absolute atomic E-state index is 14.0. The summed E-state index contributed by atoms with van der Waals surface area (Å²) < 4.78 is 32.9. The van der Waals surface area contributed by atoms with Crippen LogP contribution in [0.5, 0.6) is 5.75 Å². The molecular formula is C11H13F2NO. The molecule has 1 saturated carbocycles. The van der Waals surface area contributed by atoms with E-state index in [0.29, 0.717) is 12.8 Å². The second-order valence-corrected chi connectivity index (χ2v) is 3.93. The molecule has 2 N–H and O–H groups in total. The Bertz CT molecular complexity index is 375. The number of ether oxygens (including phenoxy) is 1. The largest absolute Gasteiger partial charge is 0.496 e. The predicted octanol–water partition coefficient (Wildman–Crippen LogP) is 2.28. The molecule has 2 rings (SSSR count). The Labute approximate surface area is 87.0 Å². The molecule has 82 valence electrons. The van der Waals surface area contributed by atoms with Gasteiger partial charge in [-0.15, -0.1) is 0 Å². The molecule has 1 aromatic rings. The van der Waals surface area contributed by atoms with Gasteiger partial charge in [0.1, 0.15) is 5.75 Å². The number of alkyl halides is 2. The van der Waals surface area contributed by atoms with Gasteiger partial charge in [0.2, 0.25) is 0 Å². The summed E-state index contributed by atoms with van der Waals surface area (Å²) in [5, 5.41) is 0. The molecule has 0 saturated heterocycles. The van der Waals surface area contributed by atoms with Gasteiger partial charge in [0.15, 0.2) is 0 Å². The molecule has 0 radical (unpaired) electrons. The van der Waals surface area contributed by atoms with Gasteiger partial charge in [-0.3, -0.25) is 0 Å². The molecule has 15 heavy (non-hydrogen) atoms. The molecule has 1 aliphatic carbocycles. The molecule has 0 amide bonds. The van der Waals surface area contributed by atoms with Gasteiger partial charge in [0.05, 0.1) is 18.2 Å². The zero-order valence-corrected chi connectivity index (χ0v) is 8.47. The summed E-state index contributed by atoms with van der Waals surface area (Å²) >= 11 is 0. The van der Waals surface area contributed by atoms with Crippen LogP contribution in [0.3, 0.4) is 0 Å². The van der Waals surface area contributed by atoms with Crippen molar-refractivity contribution in [3.05, 3.63) is 29.8 Å². The third-order valence-corrected chi connectivity index (χ3v) is 2.86. The van der Waals surface area contributed by atoms with Gasteiger partial charge in [0.25, 0.3) is 5.92 Å². The number of hydrogen-bond acceptors (Lipinski definition) is 2. The van der Waals surface area contributed by atoms with Crippen molar-refractivity contribution in [3.8, 4) is 5.75 Å². The Morgan fingerprint density at radius 1 is 1.33 bits per heavy atom. The molecule has 0 unspecified atom stereocenters. The van der Waals surface area contributed by atoms with E-state index in [1.807, 2.05) is 0 Å². The quantitative estimate of drug-likeness (QED) is 0.836. The Morgan fingerprint density at radius 2 is 1.93 bits per heavy atom. The molecule has 1 aliphatic rings.